The van der Waals surface area contributed by atoms with Gasteiger partial charge in [-0.05, 0) is 18.2 Å². The highest BCUT2D eigenvalue weighted by atomic mass is 35.5. The van der Waals surface area contributed by atoms with Crippen molar-refractivity contribution >= 4 is 17.5 Å². The standard InChI is InChI=1S/C8H7ClFNO/c1-11-8(12)6-4-5(10)2-3-7(6)9/h2-4H,1H3,(H,11,12). The van der Waals surface area contributed by atoms with Crippen molar-refractivity contribution in [3.63, 3.8) is 0 Å². The number of halogens is 2. The molecule has 4 heteroatoms. The maximum Gasteiger partial charge on any atom is 0.252 e. The zero-order valence-corrected chi connectivity index (χ0v) is 7.15. The number of hydrogen-bond acceptors (Lipinski definition) is 1. The van der Waals surface area contributed by atoms with Crippen LogP contribution in [0.5, 0.6) is 0 Å². The highest BCUT2D eigenvalue weighted by Gasteiger charge is 2.08. The van der Waals surface area contributed by atoms with Crippen molar-refractivity contribution in [2.45, 2.75) is 0 Å². The predicted molar refractivity (Wildman–Crippen MR) is 44.8 cm³/mol. The Labute approximate surface area is 74.3 Å². The fraction of sp³-hybridized carbons (Fsp3) is 0.125. The van der Waals surface area contributed by atoms with E-state index in [-0.39, 0.29) is 16.5 Å². The van der Waals surface area contributed by atoms with Crippen molar-refractivity contribution in [2.24, 2.45) is 0 Å². The van der Waals surface area contributed by atoms with Gasteiger partial charge in [0, 0.05) is 7.05 Å². The van der Waals surface area contributed by atoms with E-state index in [4.69, 9.17) is 11.6 Å². The summed E-state index contributed by atoms with van der Waals surface area (Å²) in [6, 6.07) is 3.65. The third-order valence-corrected chi connectivity index (χ3v) is 1.73. The first-order valence-corrected chi connectivity index (χ1v) is 3.70. The van der Waals surface area contributed by atoms with Gasteiger partial charge in [0.2, 0.25) is 0 Å². The Balaban J connectivity index is 3.13. The lowest BCUT2D eigenvalue weighted by Crippen LogP contribution is -2.18. The monoisotopic (exact) mass is 187 g/mol. The molecule has 1 amide bonds. The third kappa shape index (κ3) is 1.74. The van der Waals surface area contributed by atoms with Crippen LogP contribution >= 0.6 is 11.6 Å². The van der Waals surface area contributed by atoms with Crippen molar-refractivity contribution in [3.05, 3.63) is 34.6 Å². The number of carbonyl (C=O) groups is 1. The molecule has 0 aliphatic rings. The van der Waals surface area contributed by atoms with Crippen molar-refractivity contribution in [3.8, 4) is 0 Å². The van der Waals surface area contributed by atoms with Gasteiger partial charge in [-0.1, -0.05) is 11.6 Å². The second-order valence-corrected chi connectivity index (χ2v) is 2.61. The fourth-order valence-corrected chi connectivity index (χ4v) is 1.01. The van der Waals surface area contributed by atoms with Crippen LogP contribution in [-0.2, 0) is 0 Å². The molecule has 0 fully saturated rings. The normalized spacial score (nSPS) is 9.58. The van der Waals surface area contributed by atoms with Crippen molar-refractivity contribution in [1.82, 2.24) is 5.32 Å². The average Bonchev–Trinajstić information content (AvgIpc) is 2.08. The van der Waals surface area contributed by atoms with Gasteiger partial charge in [0.15, 0.2) is 0 Å². The minimum Gasteiger partial charge on any atom is -0.355 e. The maximum absolute atomic E-state index is 12.6. The highest BCUT2D eigenvalue weighted by molar-refractivity contribution is 6.33. The first-order chi connectivity index (χ1) is 5.65. The lowest BCUT2D eigenvalue weighted by atomic mass is 10.2. The second kappa shape index (κ2) is 3.54. The molecule has 0 aliphatic carbocycles. The zero-order valence-electron chi connectivity index (χ0n) is 6.40. The first-order valence-electron chi connectivity index (χ1n) is 3.32. The molecule has 0 heterocycles. The summed E-state index contributed by atoms with van der Waals surface area (Å²) in [6.07, 6.45) is 0. The van der Waals surface area contributed by atoms with Crippen LogP contribution in [0.2, 0.25) is 5.02 Å². The first kappa shape index (κ1) is 9.00. The van der Waals surface area contributed by atoms with Gasteiger partial charge < -0.3 is 5.32 Å². The van der Waals surface area contributed by atoms with E-state index in [1.54, 1.807) is 0 Å². The van der Waals surface area contributed by atoms with Crippen LogP contribution in [0.3, 0.4) is 0 Å². The summed E-state index contributed by atoms with van der Waals surface area (Å²) in [5.41, 5.74) is 0.152. The number of amides is 1. The molecule has 2 nitrogen and oxygen atoms in total. The Hall–Kier alpha value is -1.09. The topological polar surface area (TPSA) is 29.1 Å². The Morgan fingerprint density at radius 3 is 2.83 bits per heavy atom. The molecule has 0 bridgehead atoms. The van der Waals surface area contributed by atoms with Gasteiger partial charge >= 0.3 is 0 Å². The number of nitrogens with one attached hydrogen (secondary N) is 1. The van der Waals surface area contributed by atoms with Gasteiger partial charge in [-0.3, -0.25) is 4.79 Å². The van der Waals surface area contributed by atoms with E-state index in [9.17, 15) is 9.18 Å². The Bertz CT molecular complexity index is 314. The Kier molecular flexibility index (Phi) is 2.65. The summed E-state index contributed by atoms with van der Waals surface area (Å²) in [4.78, 5) is 11.0. The molecule has 0 unspecified atom stereocenters. The van der Waals surface area contributed by atoms with E-state index < -0.39 is 5.82 Å². The highest BCUT2D eigenvalue weighted by Crippen LogP contribution is 2.16. The summed E-state index contributed by atoms with van der Waals surface area (Å²) in [6.45, 7) is 0. The summed E-state index contributed by atoms with van der Waals surface area (Å²) >= 11 is 5.64. The van der Waals surface area contributed by atoms with Gasteiger partial charge in [-0.15, -0.1) is 0 Å². The minimum atomic E-state index is -0.474. The SMILES string of the molecule is CNC(=O)c1cc(F)ccc1Cl. The zero-order chi connectivity index (χ0) is 9.14. The van der Waals surface area contributed by atoms with Crippen molar-refractivity contribution in [1.29, 1.82) is 0 Å². The quantitative estimate of drug-likeness (QED) is 0.714. The molecule has 12 heavy (non-hydrogen) atoms. The van der Waals surface area contributed by atoms with Crippen LogP contribution in [-0.4, -0.2) is 13.0 Å². The van der Waals surface area contributed by atoms with E-state index in [2.05, 4.69) is 5.32 Å². The summed E-state index contributed by atoms with van der Waals surface area (Å²) in [5, 5.41) is 2.61. The van der Waals surface area contributed by atoms with E-state index in [0.717, 1.165) is 6.07 Å². The fourth-order valence-electron chi connectivity index (χ4n) is 0.806. The summed E-state index contributed by atoms with van der Waals surface area (Å²) in [5.74, 6) is -0.863. The Morgan fingerprint density at radius 1 is 1.58 bits per heavy atom. The molecule has 0 saturated heterocycles. The molecule has 64 valence electrons. The lowest BCUT2D eigenvalue weighted by molar-refractivity contribution is 0.0963. The van der Waals surface area contributed by atoms with Crippen molar-refractivity contribution in [2.75, 3.05) is 7.05 Å². The van der Waals surface area contributed by atoms with Crippen LogP contribution in [0.1, 0.15) is 10.4 Å². The van der Waals surface area contributed by atoms with Crippen LogP contribution in [0.4, 0.5) is 4.39 Å². The largest absolute Gasteiger partial charge is 0.355 e. The smallest absolute Gasteiger partial charge is 0.252 e. The Morgan fingerprint density at radius 2 is 2.25 bits per heavy atom. The van der Waals surface area contributed by atoms with Gasteiger partial charge in [0.05, 0.1) is 10.6 Å². The lowest BCUT2D eigenvalue weighted by Gasteiger charge is -2.01. The number of benzene rings is 1. The second-order valence-electron chi connectivity index (χ2n) is 2.20. The van der Waals surface area contributed by atoms with Crippen LogP contribution in [0, 0.1) is 5.82 Å². The number of carbonyl (C=O) groups excluding carboxylic acids is 1. The van der Waals surface area contributed by atoms with E-state index in [0.29, 0.717) is 0 Å². The predicted octanol–water partition coefficient (Wildman–Crippen LogP) is 1.84. The molecule has 0 aromatic heterocycles. The molecule has 0 saturated carbocycles. The van der Waals surface area contributed by atoms with Crippen molar-refractivity contribution < 1.29 is 9.18 Å². The molecule has 0 spiro atoms. The van der Waals surface area contributed by atoms with Gasteiger partial charge in [0.1, 0.15) is 5.82 Å². The number of hydrogen-bond donors (Lipinski definition) is 1. The third-order valence-electron chi connectivity index (χ3n) is 1.40. The summed E-state index contributed by atoms with van der Waals surface area (Å²) in [7, 11) is 1.46. The maximum atomic E-state index is 12.6. The summed E-state index contributed by atoms with van der Waals surface area (Å²) < 4.78 is 12.6. The van der Waals surface area contributed by atoms with E-state index in [1.807, 2.05) is 0 Å². The van der Waals surface area contributed by atoms with E-state index >= 15 is 0 Å². The van der Waals surface area contributed by atoms with Gasteiger partial charge in [-0.2, -0.15) is 0 Å². The molecule has 1 aromatic carbocycles. The van der Waals surface area contributed by atoms with Gasteiger partial charge in [0.25, 0.3) is 5.91 Å². The van der Waals surface area contributed by atoms with Gasteiger partial charge in [-0.25, -0.2) is 4.39 Å². The molecule has 1 N–H and O–H groups in total. The molecular weight excluding hydrogens is 181 g/mol. The molecule has 0 radical (unpaired) electrons. The molecular formula is C8H7ClFNO. The minimum absolute atomic E-state index is 0.152. The molecule has 0 aliphatic heterocycles. The molecule has 0 atom stereocenters. The van der Waals surface area contributed by atoms with E-state index in [1.165, 1.54) is 19.2 Å². The molecule has 1 aromatic rings. The van der Waals surface area contributed by atoms with Crippen LogP contribution in [0.15, 0.2) is 18.2 Å². The van der Waals surface area contributed by atoms with Crippen LogP contribution in [0.25, 0.3) is 0 Å². The molecule has 1 rings (SSSR count). The number of rotatable bonds is 1. The van der Waals surface area contributed by atoms with Crippen LogP contribution < -0.4 is 5.32 Å². The average molecular weight is 188 g/mol.